The molecule has 0 saturated carbocycles. The fourth-order valence-electron chi connectivity index (χ4n) is 2.12. The molecule has 1 aromatic rings. The summed E-state index contributed by atoms with van der Waals surface area (Å²) in [5, 5.41) is 8.82. The zero-order valence-electron chi connectivity index (χ0n) is 10.8. The van der Waals surface area contributed by atoms with Crippen LogP contribution in [-0.2, 0) is 14.8 Å². The van der Waals surface area contributed by atoms with E-state index in [0.29, 0.717) is 11.5 Å². The molecule has 2 rings (SSSR count). The van der Waals surface area contributed by atoms with Gasteiger partial charge in [0.2, 0.25) is 10.0 Å². The summed E-state index contributed by atoms with van der Waals surface area (Å²) < 4.78 is 39.7. The molecule has 21 heavy (non-hydrogen) atoms. The Morgan fingerprint density at radius 2 is 2.24 bits per heavy atom. The summed E-state index contributed by atoms with van der Waals surface area (Å²) in [6.07, 6.45) is -0.292. The van der Waals surface area contributed by atoms with E-state index < -0.39 is 27.9 Å². The highest BCUT2D eigenvalue weighted by Crippen LogP contribution is 2.30. The van der Waals surface area contributed by atoms with E-state index in [1.807, 2.05) is 0 Å². The number of aliphatic carboxylic acids is 1. The van der Waals surface area contributed by atoms with E-state index in [1.165, 1.54) is 17.8 Å². The number of thioether (sulfide) groups is 1. The summed E-state index contributed by atoms with van der Waals surface area (Å²) in [5.74, 6) is -0.840. The number of halogens is 2. The Balaban J connectivity index is 2.40. The van der Waals surface area contributed by atoms with Gasteiger partial charge in [0.15, 0.2) is 0 Å². The van der Waals surface area contributed by atoms with Crippen molar-refractivity contribution in [2.75, 3.05) is 18.1 Å². The molecule has 9 heteroatoms. The van der Waals surface area contributed by atoms with E-state index >= 15 is 0 Å². The molecule has 0 spiro atoms. The lowest BCUT2D eigenvalue weighted by molar-refractivity contribution is -0.137. The summed E-state index contributed by atoms with van der Waals surface area (Å²) in [7, 11) is -4.03. The monoisotopic (exact) mass is 353 g/mol. The molecule has 0 radical (unpaired) electrons. The van der Waals surface area contributed by atoms with E-state index in [4.69, 9.17) is 16.7 Å². The van der Waals surface area contributed by atoms with Gasteiger partial charge in [-0.3, -0.25) is 4.79 Å². The second kappa shape index (κ2) is 6.51. The van der Waals surface area contributed by atoms with Gasteiger partial charge in [-0.25, -0.2) is 12.8 Å². The van der Waals surface area contributed by atoms with Crippen LogP contribution in [0.3, 0.4) is 0 Å². The largest absolute Gasteiger partial charge is 0.481 e. The molecule has 1 N–H and O–H groups in total. The Morgan fingerprint density at radius 3 is 2.90 bits per heavy atom. The van der Waals surface area contributed by atoms with Crippen molar-refractivity contribution in [2.24, 2.45) is 0 Å². The minimum atomic E-state index is -4.03. The number of benzene rings is 1. The molecule has 1 aliphatic heterocycles. The van der Waals surface area contributed by atoms with Gasteiger partial charge in [-0.15, -0.1) is 0 Å². The minimum absolute atomic E-state index is 0.0799. The number of carboxylic acid groups (broad SMARTS) is 1. The topological polar surface area (TPSA) is 74.7 Å². The maximum Gasteiger partial charge on any atom is 0.305 e. The molecular formula is C12H13ClFNO4S2. The van der Waals surface area contributed by atoms with Gasteiger partial charge >= 0.3 is 5.97 Å². The van der Waals surface area contributed by atoms with Gasteiger partial charge in [-0.2, -0.15) is 16.1 Å². The Bertz CT molecular complexity index is 653. The molecule has 0 aromatic heterocycles. The summed E-state index contributed by atoms with van der Waals surface area (Å²) in [6.45, 7) is 0.178. The third-order valence-electron chi connectivity index (χ3n) is 3.06. The fraction of sp³-hybridized carbons (Fsp3) is 0.417. The zero-order valence-corrected chi connectivity index (χ0v) is 13.2. The molecule has 116 valence electrons. The molecule has 1 fully saturated rings. The van der Waals surface area contributed by atoms with Crippen LogP contribution < -0.4 is 0 Å². The molecule has 1 unspecified atom stereocenters. The second-order valence-corrected chi connectivity index (χ2v) is 7.93. The van der Waals surface area contributed by atoms with Gasteiger partial charge in [-0.1, -0.05) is 11.6 Å². The zero-order chi connectivity index (χ0) is 15.6. The van der Waals surface area contributed by atoms with Crippen LogP contribution in [0.25, 0.3) is 0 Å². The first-order chi connectivity index (χ1) is 9.82. The maximum atomic E-state index is 13.3. The fourth-order valence-corrected chi connectivity index (χ4v) is 5.50. The average Bonchev–Trinajstić information content (AvgIpc) is 2.41. The highest BCUT2D eigenvalue weighted by Gasteiger charge is 2.36. The van der Waals surface area contributed by atoms with E-state index in [2.05, 4.69) is 0 Å². The maximum absolute atomic E-state index is 13.3. The van der Waals surface area contributed by atoms with Crippen LogP contribution >= 0.6 is 23.4 Å². The van der Waals surface area contributed by atoms with Gasteiger partial charge in [0.25, 0.3) is 0 Å². The molecule has 5 nitrogen and oxygen atoms in total. The first-order valence-electron chi connectivity index (χ1n) is 6.09. The average molecular weight is 354 g/mol. The molecule has 1 atom stereocenters. The molecule has 1 saturated heterocycles. The third-order valence-corrected chi connectivity index (χ3v) is 6.59. The molecule has 0 bridgehead atoms. The number of carbonyl (C=O) groups is 1. The predicted molar refractivity (Wildman–Crippen MR) is 78.7 cm³/mol. The Hall–Kier alpha value is -0.830. The van der Waals surface area contributed by atoms with Crippen molar-refractivity contribution in [3.8, 4) is 0 Å². The predicted octanol–water partition coefficient (Wildman–Crippen LogP) is 2.06. The lowest BCUT2D eigenvalue weighted by Crippen LogP contribution is -2.47. The Labute approximate surface area is 131 Å². The molecule has 0 aliphatic carbocycles. The standard InChI is InChI=1S/C12H13ClFNO4S2/c13-10-2-1-8(14)5-11(10)21(18,19)15-3-4-20-7-9(15)6-12(16)17/h1-2,5,9H,3-4,6-7H2,(H,16,17). The van der Waals surface area contributed by atoms with Crippen molar-refractivity contribution in [1.29, 1.82) is 0 Å². The van der Waals surface area contributed by atoms with Crippen molar-refractivity contribution in [3.05, 3.63) is 29.0 Å². The van der Waals surface area contributed by atoms with Crippen LogP contribution in [0.4, 0.5) is 4.39 Å². The minimum Gasteiger partial charge on any atom is -0.481 e. The van der Waals surface area contributed by atoms with Crippen molar-refractivity contribution in [2.45, 2.75) is 17.4 Å². The van der Waals surface area contributed by atoms with Crippen molar-refractivity contribution in [3.63, 3.8) is 0 Å². The van der Waals surface area contributed by atoms with Gasteiger partial charge in [0, 0.05) is 24.1 Å². The van der Waals surface area contributed by atoms with Gasteiger partial charge < -0.3 is 5.11 Å². The summed E-state index contributed by atoms with van der Waals surface area (Å²) in [4.78, 5) is 10.6. The van der Waals surface area contributed by atoms with Crippen LogP contribution in [0.1, 0.15) is 6.42 Å². The summed E-state index contributed by atoms with van der Waals surface area (Å²) >= 11 is 7.35. The van der Waals surface area contributed by atoms with Crippen molar-refractivity contribution < 1.29 is 22.7 Å². The van der Waals surface area contributed by atoms with Crippen LogP contribution in [0.5, 0.6) is 0 Å². The lowest BCUT2D eigenvalue weighted by Gasteiger charge is -2.33. The number of nitrogens with zero attached hydrogens (tertiary/aromatic N) is 1. The van der Waals surface area contributed by atoms with Gasteiger partial charge in [0.1, 0.15) is 10.7 Å². The normalized spacial score (nSPS) is 20.4. The molecule has 1 heterocycles. The van der Waals surface area contributed by atoms with E-state index in [-0.39, 0.29) is 22.9 Å². The van der Waals surface area contributed by atoms with Crippen molar-refractivity contribution >= 4 is 39.4 Å². The van der Waals surface area contributed by atoms with Crippen molar-refractivity contribution in [1.82, 2.24) is 4.31 Å². The van der Waals surface area contributed by atoms with Gasteiger partial charge in [0.05, 0.1) is 11.4 Å². The lowest BCUT2D eigenvalue weighted by atomic mass is 10.2. The third kappa shape index (κ3) is 3.68. The van der Waals surface area contributed by atoms with Crippen LogP contribution in [0.2, 0.25) is 5.02 Å². The Kier molecular flexibility index (Phi) is 5.13. The SMILES string of the molecule is O=C(O)CC1CSCCN1S(=O)(=O)c1cc(F)ccc1Cl. The number of sulfonamides is 1. The molecule has 1 aromatic carbocycles. The number of hydrogen-bond donors (Lipinski definition) is 1. The van der Waals surface area contributed by atoms with Gasteiger partial charge in [-0.05, 0) is 18.2 Å². The summed E-state index contributed by atoms with van der Waals surface area (Å²) in [6, 6.07) is 2.44. The van der Waals surface area contributed by atoms with Crippen LogP contribution in [-0.4, -0.2) is 47.9 Å². The van der Waals surface area contributed by atoms with Crippen LogP contribution in [0, 0.1) is 5.82 Å². The smallest absolute Gasteiger partial charge is 0.305 e. The second-order valence-electron chi connectivity index (χ2n) is 4.52. The number of hydrogen-bond acceptors (Lipinski definition) is 4. The molecular weight excluding hydrogens is 341 g/mol. The van der Waals surface area contributed by atoms with E-state index in [0.717, 1.165) is 16.4 Å². The summed E-state index contributed by atoms with van der Waals surface area (Å²) in [5.41, 5.74) is 0. The number of carboxylic acids is 1. The van der Waals surface area contributed by atoms with E-state index in [1.54, 1.807) is 0 Å². The molecule has 1 aliphatic rings. The highest BCUT2D eigenvalue weighted by atomic mass is 35.5. The Morgan fingerprint density at radius 1 is 1.52 bits per heavy atom. The number of rotatable bonds is 4. The quantitative estimate of drug-likeness (QED) is 0.896. The highest BCUT2D eigenvalue weighted by molar-refractivity contribution is 7.99. The van der Waals surface area contributed by atoms with E-state index in [9.17, 15) is 17.6 Å². The first kappa shape index (κ1) is 16.5. The molecule has 0 amide bonds. The van der Waals surface area contributed by atoms with Crippen LogP contribution in [0.15, 0.2) is 23.1 Å². The first-order valence-corrected chi connectivity index (χ1v) is 9.06.